The third-order valence-electron chi connectivity index (χ3n) is 1.74. The molecule has 0 atom stereocenters. The molecule has 0 aliphatic rings. The van der Waals surface area contributed by atoms with Crippen molar-refractivity contribution in [1.82, 2.24) is 10.2 Å². The molecule has 0 fully saturated rings. The van der Waals surface area contributed by atoms with Crippen LogP contribution >= 0.6 is 0 Å². The van der Waals surface area contributed by atoms with Crippen molar-refractivity contribution in [2.45, 2.75) is 19.9 Å². The van der Waals surface area contributed by atoms with Gasteiger partial charge >= 0.3 is 0 Å². The summed E-state index contributed by atoms with van der Waals surface area (Å²) in [6, 6.07) is 0.397. The van der Waals surface area contributed by atoms with E-state index in [1.165, 1.54) is 0 Å². The lowest BCUT2D eigenvalue weighted by Crippen LogP contribution is -2.39. The lowest BCUT2D eigenvalue weighted by atomic mass is 10.3. The van der Waals surface area contributed by atoms with Gasteiger partial charge in [-0.2, -0.15) is 0 Å². The van der Waals surface area contributed by atoms with Gasteiger partial charge in [-0.15, -0.1) is 0 Å². The Labute approximate surface area is 74.1 Å². The number of amides is 1. The first-order valence-electron chi connectivity index (χ1n) is 4.25. The first kappa shape index (κ1) is 11.4. The SMILES string of the molecule is CC(C)N(C)CC(=O)NCCN. The number of hydrogen-bond donors (Lipinski definition) is 2. The molecule has 72 valence electrons. The maximum absolute atomic E-state index is 11.1. The van der Waals surface area contributed by atoms with Gasteiger partial charge in [0.25, 0.3) is 0 Å². The van der Waals surface area contributed by atoms with E-state index in [1.54, 1.807) is 0 Å². The van der Waals surface area contributed by atoms with Crippen molar-refractivity contribution in [3.8, 4) is 0 Å². The van der Waals surface area contributed by atoms with E-state index in [0.29, 0.717) is 25.7 Å². The average molecular weight is 173 g/mol. The summed E-state index contributed by atoms with van der Waals surface area (Å²) in [6.07, 6.45) is 0. The zero-order valence-electron chi connectivity index (χ0n) is 8.13. The van der Waals surface area contributed by atoms with Crippen molar-refractivity contribution < 1.29 is 4.79 Å². The van der Waals surface area contributed by atoms with Gasteiger partial charge < -0.3 is 11.1 Å². The monoisotopic (exact) mass is 173 g/mol. The van der Waals surface area contributed by atoms with Crippen LogP contribution in [-0.4, -0.2) is 43.5 Å². The fraction of sp³-hybridized carbons (Fsp3) is 0.875. The summed E-state index contributed by atoms with van der Waals surface area (Å²) in [4.78, 5) is 13.1. The van der Waals surface area contributed by atoms with Gasteiger partial charge in [-0.05, 0) is 20.9 Å². The number of nitrogens with one attached hydrogen (secondary N) is 1. The second-order valence-corrected chi connectivity index (χ2v) is 3.15. The van der Waals surface area contributed by atoms with Crippen molar-refractivity contribution in [2.24, 2.45) is 5.73 Å². The smallest absolute Gasteiger partial charge is 0.234 e. The van der Waals surface area contributed by atoms with Crippen molar-refractivity contribution in [2.75, 3.05) is 26.7 Å². The van der Waals surface area contributed by atoms with Crippen LogP contribution in [0, 0.1) is 0 Å². The van der Waals surface area contributed by atoms with Crippen LogP contribution in [0.2, 0.25) is 0 Å². The van der Waals surface area contributed by atoms with Crippen molar-refractivity contribution in [3.63, 3.8) is 0 Å². The highest BCUT2D eigenvalue weighted by atomic mass is 16.2. The largest absolute Gasteiger partial charge is 0.354 e. The summed E-state index contributed by atoms with van der Waals surface area (Å²) in [5.41, 5.74) is 5.24. The molecule has 3 N–H and O–H groups in total. The lowest BCUT2D eigenvalue weighted by molar-refractivity contribution is -0.122. The Balaban J connectivity index is 3.54. The number of nitrogens with two attached hydrogens (primary N) is 1. The average Bonchev–Trinajstić information content (AvgIpc) is 2.00. The molecule has 0 heterocycles. The van der Waals surface area contributed by atoms with Gasteiger partial charge in [0.2, 0.25) is 5.91 Å². The minimum absolute atomic E-state index is 0.0386. The Hall–Kier alpha value is -0.610. The van der Waals surface area contributed by atoms with Crippen LogP contribution in [0.1, 0.15) is 13.8 Å². The van der Waals surface area contributed by atoms with Gasteiger partial charge in [-0.3, -0.25) is 9.69 Å². The van der Waals surface area contributed by atoms with Crippen LogP contribution in [0.15, 0.2) is 0 Å². The summed E-state index contributed by atoms with van der Waals surface area (Å²) in [5, 5.41) is 2.71. The second kappa shape index (κ2) is 5.97. The third-order valence-corrected chi connectivity index (χ3v) is 1.74. The number of hydrogen-bond acceptors (Lipinski definition) is 3. The highest BCUT2D eigenvalue weighted by Crippen LogP contribution is 1.91. The van der Waals surface area contributed by atoms with E-state index >= 15 is 0 Å². The van der Waals surface area contributed by atoms with Gasteiger partial charge in [-0.25, -0.2) is 0 Å². The molecule has 0 rings (SSSR count). The molecular formula is C8H19N3O. The molecule has 0 aliphatic carbocycles. The summed E-state index contributed by atoms with van der Waals surface area (Å²) in [5.74, 6) is 0.0386. The fourth-order valence-electron chi connectivity index (χ4n) is 0.677. The Morgan fingerprint density at radius 2 is 2.17 bits per heavy atom. The van der Waals surface area contributed by atoms with Gasteiger partial charge in [0, 0.05) is 19.1 Å². The molecule has 12 heavy (non-hydrogen) atoms. The van der Waals surface area contributed by atoms with Crippen molar-refractivity contribution in [3.05, 3.63) is 0 Å². The highest BCUT2D eigenvalue weighted by molar-refractivity contribution is 5.77. The Kier molecular flexibility index (Phi) is 5.66. The lowest BCUT2D eigenvalue weighted by Gasteiger charge is -2.19. The van der Waals surface area contributed by atoms with E-state index in [4.69, 9.17) is 5.73 Å². The molecule has 0 unspecified atom stereocenters. The number of rotatable bonds is 5. The predicted octanol–water partition coefficient (Wildman–Crippen LogP) is -0.598. The van der Waals surface area contributed by atoms with Crippen molar-refractivity contribution in [1.29, 1.82) is 0 Å². The van der Waals surface area contributed by atoms with Crippen LogP contribution in [0.25, 0.3) is 0 Å². The number of likely N-dealkylation sites (N-methyl/N-ethyl adjacent to an activating group) is 1. The number of nitrogens with zero attached hydrogens (tertiary/aromatic N) is 1. The normalized spacial score (nSPS) is 10.8. The van der Waals surface area contributed by atoms with E-state index < -0.39 is 0 Å². The van der Waals surface area contributed by atoms with Crippen LogP contribution in [-0.2, 0) is 4.79 Å². The Bertz CT molecular complexity index is 136. The van der Waals surface area contributed by atoms with Crippen molar-refractivity contribution >= 4 is 5.91 Å². The summed E-state index contributed by atoms with van der Waals surface area (Å²) in [6.45, 7) is 5.60. The molecule has 0 spiro atoms. The molecule has 0 aromatic rings. The fourth-order valence-corrected chi connectivity index (χ4v) is 0.677. The van der Waals surface area contributed by atoms with E-state index in [-0.39, 0.29) is 5.91 Å². The molecular weight excluding hydrogens is 154 g/mol. The molecule has 4 nitrogen and oxygen atoms in total. The maximum Gasteiger partial charge on any atom is 0.234 e. The number of carbonyl (C=O) groups excluding carboxylic acids is 1. The van der Waals surface area contributed by atoms with Crippen LogP contribution in [0.4, 0.5) is 0 Å². The molecule has 0 saturated heterocycles. The van der Waals surface area contributed by atoms with Crippen LogP contribution in [0.5, 0.6) is 0 Å². The van der Waals surface area contributed by atoms with E-state index in [2.05, 4.69) is 19.2 Å². The van der Waals surface area contributed by atoms with Gasteiger partial charge in [-0.1, -0.05) is 0 Å². The highest BCUT2D eigenvalue weighted by Gasteiger charge is 2.07. The van der Waals surface area contributed by atoms with E-state index in [1.807, 2.05) is 11.9 Å². The molecule has 0 bridgehead atoms. The molecule has 0 aromatic carbocycles. The third kappa shape index (κ3) is 5.09. The zero-order chi connectivity index (χ0) is 9.56. The minimum Gasteiger partial charge on any atom is -0.354 e. The molecule has 0 aliphatic heterocycles. The summed E-state index contributed by atoms with van der Waals surface area (Å²) < 4.78 is 0. The van der Waals surface area contributed by atoms with Gasteiger partial charge in [0.05, 0.1) is 6.54 Å². The topological polar surface area (TPSA) is 58.4 Å². The van der Waals surface area contributed by atoms with Crippen LogP contribution in [0.3, 0.4) is 0 Å². The molecule has 0 radical (unpaired) electrons. The molecule has 0 aromatic heterocycles. The first-order valence-corrected chi connectivity index (χ1v) is 4.25. The minimum atomic E-state index is 0.0386. The predicted molar refractivity (Wildman–Crippen MR) is 49.8 cm³/mol. The quantitative estimate of drug-likeness (QED) is 0.584. The Morgan fingerprint density at radius 3 is 2.58 bits per heavy atom. The maximum atomic E-state index is 11.1. The van der Waals surface area contributed by atoms with E-state index in [0.717, 1.165) is 0 Å². The van der Waals surface area contributed by atoms with Gasteiger partial charge in [0.15, 0.2) is 0 Å². The second-order valence-electron chi connectivity index (χ2n) is 3.15. The van der Waals surface area contributed by atoms with Gasteiger partial charge in [0.1, 0.15) is 0 Å². The molecule has 1 amide bonds. The number of carbonyl (C=O) groups is 1. The summed E-state index contributed by atoms with van der Waals surface area (Å²) in [7, 11) is 1.92. The molecule has 4 heteroatoms. The van der Waals surface area contributed by atoms with Crippen LogP contribution < -0.4 is 11.1 Å². The first-order chi connectivity index (χ1) is 5.57. The Morgan fingerprint density at radius 1 is 1.58 bits per heavy atom. The zero-order valence-corrected chi connectivity index (χ0v) is 8.13. The van der Waals surface area contributed by atoms with E-state index in [9.17, 15) is 4.79 Å². The summed E-state index contributed by atoms with van der Waals surface area (Å²) >= 11 is 0. The standard InChI is InChI=1S/C8H19N3O/c1-7(2)11(3)6-8(12)10-5-4-9/h7H,4-6,9H2,1-3H3,(H,10,12). The molecule has 0 saturated carbocycles.